The quantitative estimate of drug-likeness (QED) is 0.175. The third kappa shape index (κ3) is 4.43. The number of rotatable bonds is 8. The summed E-state index contributed by atoms with van der Waals surface area (Å²) in [4.78, 5) is 17.7. The largest absolute Gasteiger partial charge is 0.316 e. The van der Waals surface area contributed by atoms with Crippen LogP contribution in [0.15, 0.2) is 128 Å². The number of ketones is 1. The maximum atomic E-state index is 12.9. The van der Waals surface area contributed by atoms with Crippen LogP contribution in [0.25, 0.3) is 0 Å². The number of aromatic nitrogens is 2. The van der Waals surface area contributed by atoms with Crippen LogP contribution in [0.5, 0.6) is 0 Å². The second-order valence-corrected chi connectivity index (χ2v) is 8.89. The lowest BCUT2D eigenvalue weighted by Crippen LogP contribution is -2.38. The van der Waals surface area contributed by atoms with Gasteiger partial charge in [0.05, 0.1) is 0 Å². The molecule has 1 aromatic heterocycles. The van der Waals surface area contributed by atoms with Gasteiger partial charge < -0.3 is 4.57 Å². The Balaban J connectivity index is 1.63. The van der Waals surface area contributed by atoms with E-state index < -0.39 is 5.54 Å². The zero-order chi connectivity index (χ0) is 24.1. The minimum absolute atomic E-state index is 0.0703. The Morgan fingerprint density at radius 2 is 1.20 bits per heavy atom. The van der Waals surface area contributed by atoms with Crippen LogP contribution < -0.4 is 0 Å². The summed E-state index contributed by atoms with van der Waals surface area (Å²) in [6, 6.07) is 38.5. The molecule has 0 radical (unpaired) electrons. The average molecular weight is 477 g/mol. The van der Waals surface area contributed by atoms with E-state index in [1.165, 1.54) is 0 Å². The van der Waals surface area contributed by atoms with E-state index in [-0.39, 0.29) is 5.78 Å². The van der Waals surface area contributed by atoms with Crippen molar-refractivity contribution in [2.24, 2.45) is 0 Å². The van der Waals surface area contributed by atoms with Crippen LogP contribution in [0.3, 0.4) is 0 Å². The summed E-state index contributed by atoms with van der Waals surface area (Å²) in [5.41, 5.74) is 3.40. The molecule has 0 saturated carbocycles. The van der Waals surface area contributed by atoms with Crippen molar-refractivity contribution in [1.29, 1.82) is 0 Å². The van der Waals surface area contributed by atoms with E-state index in [4.69, 9.17) is 16.6 Å². The van der Waals surface area contributed by atoms with Gasteiger partial charge in [-0.25, -0.2) is 4.98 Å². The molecule has 1 heterocycles. The minimum atomic E-state index is -0.640. The Kier molecular flexibility index (Phi) is 6.60. The van der Waals surface area contributed by atoms with Crippen LogP contribution in [0.1, 0.15) is 39.3 Å². The number of Topliss-reactive ketones (excluding diaryl/α,β-unsaturated/α-hetero) is 1. The molecule has 0 atom stereocenters. The Hall–Kier alpha value is -3.95. The van der Waals surface area contributed by atoms with E-state index in [0.717, 1.165) is 22.5 Å². The zero-order valence-corrected chi connectivity index (χ0v) is 20.0. The molecule has 0 spiro atoms. The van der Waals surface area contributed by atoms with Gasteiger partial charge in [-0.2, -0.15) is 0 Å². The van der Waals surface area contributed by atoms with E-state index in [2.05, 4.69) is 77.4 Å². The van der Waals surface area contributed by atoms with Crippen molar-refractivity contribution in [1.82, 2.24) is 9.55 Å². The standard InChI is InChI=1S/C31H25ClN2O/c32-28-18-16-24(17-19-28)29(35)20-21-30-33-22-23-34(30)31(25-10-4-1-5-11-25,26-12-6-2-7-13-26)27-14-8-3-9-15-27/h1-19,22-23H,20-21H2. The van der Waals surface area contributed by atoms with Crippen molar-refractivity contribution in [3.05, 3.63) is 161 Å². The molecule has 4 aromatic carbocycles. The molecule has 0 N–H and O–H groups in total. The Labute approximate surface area is 210 Å². The SMILES string of the molecule is O=C(CCc1nccn1C(c1ccccc1)(c1ccccc1)c1ccccc1)c1ccc(Cl)cc1. The van der Waals surface area contributed by atoms with Crippen LogP contribution in [-0.4, -0.2) is 15.3 Å². The fourth-order valence-electron chi connectivity index (χ4n) is 4.79. The highest BCUT2D eigenvalue weighted by Gasteiger charge is 2.39. The minimum Gasteiger partial charge on any atom is -0.316 e. The first-order valence-electron chi connectivity index (χ1n) is 11.7. The molecule has 35 heavy (non-hydrogen) atoms. The van der Waals surface area contributed by atoms with E-state index in [0.29, 0.717) is 23.4 Å². The Morgan fingerprint density at radius 1 is 0.714 bits per heavy atom. The Bertz CT molecular complexity index is 1300. The van der Waals surface area contributed by atoms with Crippen molar-refractivity contribution in [2.75, 3.05) is 0 Å². The van der Waals surface area contributed by atoms with Crippen molar-refractivity contribution in [3.8, 4) is 0 Å². The van der Waals surface area contributed by atoms with Crippen molar-refractivity contribution >= 4 is 17.4 Å². The van der Waals surface area contributed by atoms with Crippen LogP contribution in [-0.2, 0) is 12.0 Å². The number of carbonyl (C=O) groups excluding carboxylic acids is 1. The molecule has 5 rings (SSSR count). The molecular formula is C31H25ClN2O. The summed E-state index contributed by atoms with van der Waals surface area (Å²) in [7, 11) is 0. The first-order valence-corrected chi connectivity index (χ1v) is 12.1. The number of benzene rings is 4. The predicted molar refractivity (Wildman–Crippen MR) is 141 cm³/mol. The lowest BCUT2D eigenvalue weighted by atomic mass is 9.76. The van der Waals surface area contributed by atoms with Crippen LogP contribution in [0, 0.1) is 0 Å². The molecule has 3 nitrogen and oxygen atoms in total. The molecule has 5 aromatic rings. The fraction of sp³-hybridized carbons (Fsp3) is 0.0968. The third-order valence-electron chi connectivity index (χ3n) is 6.40. The van der Waals surface area contributed by atoms with Crippen LogP contribution >= 0.6 is 11.6 Å². The Morgan fingerprint density at radius 3 is 1.69 bits per heavy atom. The predicted octanol–water partition coefficient (Wildman–Crippen LogP) is 7.19. The van der Waals surface area contributed by atoms with Gasteiger partial charge in [-0.3, -0.25) is 4.79 Å². The summed E-state index contributed by atoms with van der Waals surface area (Å²) in [5, 5.41) is 0.621. The molecule has 0 aliphatic rings. The van der Waals surface area contributed by atoms with E-state index >= 15 is 0 Å². The molecule has 0 amide bonds. The first kappa shape index (κ1) is 22.8. The van der Waals surface area contributed by atoms with Crippen molar-refractivity contribution in [2.45, 2.75) is 18.4 Å². The number of aryl methyl sites for hydroxylation is 1. The number of imidazole rings is 1. The molecule has 0 saturated heterocycles. The molecule has 0 aliphatic heterocycles. The van der Waals surface area contributed by atoms with Gasteiger partial charge in [0, 0.05) is 35.8 Å². The highest BCUT2D eigenvalue weighted by Crippen LogP contribution is 2.41. The topological polar surface area (TPSA) is 34.9 Å². The van der Waals surface area contributed by atoms with Crippen molar-refractivity contribution in [3.63, 3.8) is 0 Å². The van der Waals surface area contributed by atoms with Crippen molar-refractivity contribution < 1.29 is 4.79 Å². The molecule has 0 bridgehead atoms. The number of hydrogen-bond acceptors (Lipinski definition) is 2. The van der Waals surface area contributed by atoms with E-state index in [1.54, 1.807) is 24.3 Å². The smallest absolute Gasteiger partial charge is 0.163 e. The molecule has 172 valence electrons. The number of carbonyl (C=O) groups is 1. The summed E-state index contributed by atoms with van der Waals surface area (Å²) >= 11 is 6.00. The van der Waals surface area contributed by atoms with Gasteiger partial charge in [-0.05, 0) is 41.0 Å². The van der Waals surface area contributed by atoms with Gasteiger partial charge in [0.15, 0.2) is 5.78 Å². The monoisotopic (exact) mass is 476 g/mol. The van der Waals surface area contributed by atoms with E-state index in [1.807, 2.05) is 30.6 Å². The van der Waals surface area contributed by atoms with E-state index in [9.17, 15) is 4.79 Å². The van der Waals surface area contributed by atoms with Crippen LogP contribution in [0.4, 0.5) is 0 Å². The third-order valence-corrected chi connectivity index (χ3v) is 6.65. The summed E-state index contributed by atoms with van der Waals surface area (Å²) < 4.78 is 2.22. The van der Waals surface area contributed by atoms with Crippen LogP contribution in [0.2, 0.25) is 5.02 Å². The number of halogens is 1. The molecular weight excluding hydrogens is 452 g/mol. The summed E-state index contributed by atoms with van der Waals surface area (Å²) in [6.07, 6.45) is 4.72. The van der Waals surface area contributed by atoms with Gasteiger partial charge in [0.1, 0.15) is 11.4 Å². The van der Waals surface area contributed by atoms with Gasteiger partial charge in [-0.15, -0.1) is 0 Å². The second kappa shape index (κ2) is 10.1. The average Bonchev–Trinajstić information content (AvgIpc) is 3.39. The summed E-state index contributed by atoms with van der Waals surface area (Å²) in [6.45, 7) is 0. The summed E-state index contributed by atoms with van der Waals surface area (Å²) in [5.74, 6) is 0.921. The maximum Gasteiger partial charge on any atom is 0.163 e. The first-order chi connectivity index (χ1) is 17.2. The lowest BCUT2D eigenvalue weighted by molar-refractivity contribution is 0.0981. The number of hydrogen-bond donors (Lipinski definition) is 0. The van der Waals surface area contributed by atoms with Gasteiger partial charge in [-0.1, -0.05) is 103 Å². The van der Waals surface area contributed by atoms with Gasteiger partial charge in [0.25, 0.3) is 0 Å². The molecule has 0 aliphatic carbocycles. The maximum absolute atomic E-state index is 12.9. The second-order valence-electron chi connectivity index (χ2n) is 8.45. The highest BCUT2D eigenvalue weighted by molar-refractivity contribution is 6.30. The zero-order valence-electron chi connectivity index (χ0n) is 19.2. The normalized spacial score (nSPS) is 11.3. The lowest BCUT2D eigenvalue weighted by Gasteiger charge is -2.38. The van der Waals surface area contributed by atoms with Gasteiger partial charge in [0.2, 0.25) is 0 Å². The molecule has 0 unspecified atom stereocenters. The number of nitrogens with zero attached hydrogens (tertiary/aromatic N) is 2. The molecule has 4 heteroatoms. The highest BCUT2D eigenvalue weighted by atomic mass is 35.5. The van der Waals surface area contributed by atoms with Gasteiger partial charge >= 0.3 is 0 Å². The fourth-order valence-corrected chi connectivity index (χ4v) is 4.91. The molecule has 0 fully saturated rings.